The molecule has 0 fully saturated rings. The van der Waals surface area contributed by atoms with Crippen molar-refractivity contribution in [2.24, 2.45) is 0 Å². The predicted octanol–water partition coefficient (Wildman–Crippen LogP) is 3.57. The van der Waals surface area contributed by atoms with E-state index in [0.29, 0.717) is 20.8 Å². The number of pyridine rings is 1. The Labute approximate surface area is 122 Å². The van der Waals surface area contributed by atoms with E-state index < -0.39 is 5.82 Å². The summed E-state index contributed by atoms with van der Waals surface area (Å²) in [5, 5.41) is 3.25. The van der Waals surface area contributed by atoms with Gasteiger partial charge in [-0.3, -0.25) is 9.78 Å². The molecule has 0 aliphatic heterocycles. The van der Waals surface area contributed by atoms with Gasteiger partial charge in [-0.25, -0.2) is 4.39 Å². The Bertz CT molecular complexity index is 621. The average molecular weight is 344 g/mol. The number of halogens is 3. The number of hydrogen-bond donors (Lipinski definition) is 1. The van der Waals surface area contributed by atoms with Gasteiger partial charge in [0, 0.05) is 15.7 Å². The van der Waals surface area contributed by atoms with Gasteiger partial charge in [0.2, 0.25) is 0 Å². The lowest BCUT2D eigenvalue weighted by atomic mass is 10.2. The summed E-state index contributed by atoms with van der Waals surface area (Å²) >= 11 is 8.97. The van der Waals surface area contributed by atoms with Crippen LogP contribution in [0, 0.1) is 5.82 Å². The van der Waals surface area contributed by atoms with E-state index in [-0.39, 0.29) is 12.5 Å². The van der Waals surface area contributed by atoms with E-state index in [1.54, 1.807) is 18.3 Å². The van der Waals surface area contributed by atoms with Gasteiger partial charge in [0.15, 0.2) is 0 Å². The van der Waals surface area contributed by atoms with Crippen molar-refractivity contribution < 1.29 is 9.18 Å². The van der Waals surface area contributed by atoms with Gasteiger partial charge < -0.3 is 5.32 Å². The molecule has 0 unspecified atom stereocenters. The van der Waals surface area contributed by atoms with E-state index >= 15 is 0 Å². The quantitative estimate of drug-likeness (QED) is 0.926. The molecule has 3 nitrogen and oxygen atoms in total. The van der Waals surface area contributed by atoms with Crippen molar-refractivity contribution in [3.8, 4) is 0 Å². The molecule has 0 atom stereocenters. The molecule has 19 heavy (non-hydrogen) atoms. The Morgan fingerprint density at radius 2 is 2.16 bits per heavy atom. The van der Waals surface area contributed by atoms with Crippen LogP contribution in [-0.2, 0) is 6.54 Å². The normalized spacial score (nSPS) is 10.3. The number of amides is 1. The first kappa shape index (κ1) is 14.0. The Balaban J connectivity index is 2.05. The average Bonchev–Trinajstić information content (AvgIpc) is 2.36. The van der Waals surface area contributed by atoms with Crippen molar-refractivity contribution in [3.05, 3.63) is 63.1 Å². The minimum absolute atomic E-state index is 0.253. The van der Waals surface area contributed by atoms with Crippen LogP contribution in [0.3, 0.4) is 0 Å². The molecule has 0 saturated carbocycles. The highest BCUT2D eigenvalue weighted by Crippen LogP contribution is 2.18. The van der Waals surface area contributed by atoms with Gasteiger partial charge in [-0.15, -0.1) is 0 Å². The maximum atomic E-state index is 12.9. The van der Waals surface area contributed by atoms with Crippen molar-refractivity contribution >= 4 is 33.4 Å². The second-order valence-corrected chi connectivity index (χ2v) is 5.06. The molecule has 6 heteroatoms. The fraction of sp³-hybridized carbons (Fsp3) is 0.0769. The highest BCUT2D eigenvalue weighted by Gasteiger charge is 2.10. The summed E-state index contributed by atoms with van der Waals surface area (Å²) in [5.74, 6) is -0.714. The lowest BCUT2D eigenvalue weighted by molar-refractivity contribution is 0.0949. The fourth-order valence-corrected chi connectivity index (χ4v) is 2.20. The van der Waals surface area contributed by atoms with Crippen molar-refractivity contribution in [3.63, 3.8) is 0 Å². The Kier molecular flexibility index (Phi) is 4.50. The maximum Gasteiger partial charge on any atom is 0.252 e. The van der Waals surface area contributed by atoms with E-state index in [4.69, 9.17) is 11.6 Å². The highest BCUT2D eigenvalue weighted by atomic mass is 79.9. The van der Waals surface area contributed by atoms with Gasteiger partial charge in [-0.05, 0) is 46.3 Å². The first-order valence-corrected chi connectivity index (χ1v) is 6.57. The monoisotopic (exact) mass is 342 g/mol. The first-order chi connectivity index (χ1) is 9.06. The van der Waals surface area contributed by atoms with Crippen LogP contribution >= 0.6 is 27.5 Å². The third-order valence-corrected chi connectivity index (χ3v) is 3.28. The molecule has 0 aliphatic carbocycles. The molecular formula is C13H9BrClFN2O. The third-order valence-electron chi connectivity index (χ3n) is 2.38. The van der Waals surface area contributed by atoms with Crippen LogP contribution in [0.5, 0.6) is 0 Å². The second kappa shape index (κ2) is 6.12. The number of aromatic nitrogens is 1. The summed E-state index contributed by atoms with van der Waals surface area (Å²) < 4.78 is 13.3. The van der Waals surface area contributed by atoms with Crippen LogP contribution in [0.4, 0.5) is 4.39 Å². The summed E-state index contributed by atoms with van der Waals surface area (Å²) in [6.07, 6.45) is 1.57. The van der Waals surface area contributed by atoms with E-state index in [9.17, 15) is 9.18 Å². The molecule has 0 spiro atoms. The van der Waals surface area contributed by atoms with Crippen LogP contribution in [-0.4, -0.2) is 10.9 Å². The zero-order chi connectivity index (χ0) is 13.8. The van der Waals surface area contributed by atoms with Crippen LogP contribution in [0.2, 0.25) is 5.02 Å². The van der Waals surface area contributed by atoms with E-state index in [1.165, 1.54) is 18.2 Å². The van der Waals surface area contributed by atoms with Crippen LogP contribution in [0.25, 0.3) is 0 Å². The summed E-state index contributed by atoms with van der Waals surface area (Å²) in [6, 6.07) is 7.22. The number of rotatable bonds is 3. The molecule has 1 N–H and O–H groups in total. The number of benzene rings is 1. The van der Waals surface area contributed by atoms with Gasteiger partial charge in [0.25, 0.3) is 5.91 Å². The molecule has 0 bridgehead atoms. The van der Waals surface area contributed by atoms with Crippen molar-refractivity contribution in [2.45, 2.75) is 6.54 Å². The van der Waals surface area contributed by atoms with Gasteiger partial charge in [0.05, 0.1) is 17.8 Å². The van der Waals surface area contributed by atoms with Crippen LogP contribution in [0.15, 0.2) is 41.0 Å². The van der Waals surface area contributed by atoms with Gasteiger partial charge in [0.1, 0.15) is 5.82 Å². The van der Waals surface area contributed by atoms with Crippen molar-refractivity contribution in [1.29, 1.82) is 0 Å². The largest absolute Gasteiger partial charge is 0.346 e. The molecule has 0 saturated heterocycles. The van der Waals surface area contributed by atoms with E-state index in [2.05, 4.69) is 26.2 Å². The molecule has 98 valence electrons. The third kappa shape index (κ3) is 3.75. The number of nitrogens with one attached hydrogen (secondary N) is 1. The Morgan fingerprint density at radius 1 is 1.37 bits per heavy atom. The Hall–Kier alpha value is -1.46. The lowest BCUT2D eigenvalue weighted by Crippen LogP contribution is -2.23. The van der Waals surface area contributed by atoms with Gasteiger partial charge in [-0.2, -0.15) is 0 Å². The lowest BCUT2D eigenvalue weighted by Gasteiger charge is -2.06. The van der Waals surface area contributed by atoms with Crippen molar-refractivity contribution in [1.82, 2.24) is 10.3 Å². The molecule has 1 heterocycles. The number of carbonyl (C=O) groups excluding carboxylic acids is 1. The second-order valence-electron chi connectivity index (χ2n) is 3.77. The first-order valence-electron chi connectivity index (χ1n) is 5.40. The smallest absolute Gasteiger partial charge is 0.252 e. The predicted molar refractivity (Wildman–Crippen MR) is 74.5 cm³/mol. The molecule has 1 aromatic heterocycles. The van der Waals surface area contributed by atoms with E-state index in [0.717, 1.165) is 0 Å². The molecule has 1 aromatic carbocycles. The summed E-state index contributed by atoms with van der Waals surface area (Å²) in [4.78, 5) is 16.0. The standard InChI is InChI=1S/C13H9BrClFN2O/c14-12-6-9(16)1-2-11(12)13(19)18-7-10-5-8(15)3-4-17-10/h1-6H,7H2,(H,18,19). The molecule has 2 rings (SSSR count). The topological polar surface area (TPSA) is 42.0 Å². The summed E-state index contributed by atoms with van der Waals surface area (Å²) in [6.45, 7) is 0.253. The molecule has 0 radical (unpaired) electrons. The molecular weight excluding hydrogens is 335 g/mol. The summed E-state index contributed by atoms with van der Waals surface area (Å²) in [5.41, 5.74) is 1.02. The molecule has 2 aromatic rings. The van der Waals surface area contributed by atoms with Crippen LogP contribution < -0.4 is 5.32 Å². The maximum absolute atomic E-state index is 12.9. The van der Waals surface area contributed by atoms with Gasteiger partial charge in [-0.1, -0.05) is 11.6 Å². The summed E-state index contributed by atoms with van der Waals surface area (Å²) in [7, 11) is 0. The van der Waals surface area contributed by atoms with Crippen molar-refractivity contribution in [2.75, 3.05) is 0 Å². The highest BCUT2D eigenvalue weighted by molar-refractivity contribution is 9.10. The number of carbonyl (C=O) groups is 1. The Morgan fingerprint density at radius 3 is 2.84 bits per heavy atom. The number of hydrogen-bond acceptors (Lipinski definition) is 2. The minimum atomic E-state index is -0.403. The fourth-order valence-electron chi connectivity index (χ4n) is 1.49. The van der Waals surface area contributed by atoms with Gasteiger partial charge >= 0.3 is 0 Å². The minimum Gasteiger partial charge on any atom is -0.346 e. The molecule has 0 aliphatic rings. The number of nitrogens with zero attached hydrogens (tertiary/aromatic N) is 1. The van der Waals surface area contributed by atoms with E-state index in [1.807, 2.05) is 0 Å². The SMILES string of the molecule is O=C(NCc1cc(Cl)ccn1)c1ccc(F)cc1Br. The molecule has 1 amide bonds. The zero-order valence-electron chi connectivity index (χ0n) is 9.66. The van der Waals surface area contributed by atoms with Crippen LogP contribution in [0.1, 0.15) is 16.1 Å². The zero-order valence-corrected chi connectivity index (χ0v) is 12.0.